The average Bonchev–Trinajstić information content (AvgIpc) is 3.49. The molecule has 1 aromatic heterocycles. The van der Waals surface area contributed by atoms with E-state index in [1.54, 1.807) is 0 Å². The standard InChI is InChI=1S/C20H29N5O2S/c1-28(26,27)22-13-15-8-10-16(11-9-15)23-20-24-18-5-3-2-4-17(18)19(25-20)21-12-14-6-7-14/h2-5,14-16,22H,6-13H2,1H3,(H2,21,23,24,25)/t15-,16-. The fraction of sp³-hybridized carbons (Fsp3) is 0.600. The molecule has 0 atom stereocenters. The van der Waals surface area contributed by atoms with Crippen molar-refractivity contribution in [3.8, 4) is 0 Å². The van der Waals surface area contributed by atoms with Gasteiger partial charge in [0.1, 0.15) is 5.82 Å². The second-order valence-electron chi connectivity index (χ2n) is 8.22. The van der Waals surface area contributed by atoms with Crippen LogP contribution in [-0.4, -0.2) is 43.8 Å². The number of para-hydroxylation sites is 1. The summed E-state index contributed by atoms with van der Waals surface area (Å²) in [5.41, 5.74) is 0.948. The average molecular weight is 404 g/mol. The van der Waals surface area contributed by atoms with E-state index in [2.05, 4.69) is 21.4 Å². The zero-order valence-corrected chi connectivity index (χ0v) is 17.1. The maximum Gasteiger partial charge on any atom is 0.225 e. The summed E-state index contributed by atoms with van der Waals surface area (Å²) in [6.07, 6.45) is 7.82. The van der Waals surface area contributed by atoms with Crippen molar-refractivity contribution in [2.75, 3.05) is 30.0 Å². The molecule has 2 aliphatic carbocycles. The third kappa shape index (κ3) is 5.32. The Hall–Kier alpha value is -1.93. The summed E-state index contributed by atoms with van der Waals surface area (Å²) in [5, 5.41) is 8.08. The van der Waals surface area contributed by atoms with Gasteiger partial charge in [-0.3, -0.25) is 0 Å². The smallest absolute Gasteiger partial charge is 0.225 e. The fourth-order valence-electron chi connectivity index (χ4n) is 3.80. The maximum atomic E-state index is 11.3. The van der Waals surface area contributed by atoms with E-state index in [9.17, 15) is 8.42 Å². The lowest BCUT2D eigenvalue weighted by Crippen LogP contribution is -2.33. The Morgan fingerprint density at radius 3 is 2.36 bits per heavy atom. The molecule has 0 aliphatic heterocycles. The van der Waals surface area contributed by atoms with E-state index in [-0.39, 0.29) is 0 Å². The number of hydrogen-bond donors (Lipinski definition) is 3. The monoisotopic (exact) mass is 403 g/mol. The lowest BCUT2D eigenvalue weighted by molar-refractivity contribution is 0.337. The van der Waals surface area contributed by atoms with Gasteiger partial charge >= 0.3 is 0 Å². The molecule has 3 N–H and O–H groups in total. The van der Waals surface area contributed by atoms with Crippen molar-refractivity contribution >= 4 is 32.7 Å². The molecule has 152 valence electrons. The van der Waals surface area contributed by atoms with E-state index in [1.165, 1.54) is 19.1 Å². The Balaban J connectivity index is 1.39. The quantitative estimate of drug-likeness (QED) is 0.627. The van der Waals surface area contributed by atoms with Crippen molar-refractivity contribution in [1.82, 2.24) is 14.7 Å². The van der Waals surface area contributed by atoms with Crippen LogP contribution in [0, 0.1) is 11.8 Å². The topological polar surface area (TPSA) is 96.0 Å². The second-order valence-corrected chi connectivity index (χ2v) is 10.1. The van der Waals surface area contributed by atoms with Crippen molar-refractivity contribution < 1.29 is 8.42 Å². The van der Waals surface area contributed by atoms with Gasteiger partial charge < -0.3 is 10.6 Å². The summed E-state index contributed by atoms with van der Waals surface area (Å²) in [7, 11) is -3.11. The van der Waals surface area contributed by atoms with Crippen LogP contribution in [0.2, 0.25) is 0 Å². The van der Waals surface area contributed by atoms with Gasteiger partial charge in [0.25, 0.3) is 0 Å². The van der Waals surface area contributed by atoms with Gasteiger partial charge in [-0.25, -0.2) is 18.1 Å². The molecule has 0 radical (unpaired) electrons. The first-order chi connectivity index (χ1) is 13.5. The predicted octanol–water partition coefficient (Wildman–Crippen LogP) is 2.97. The zero-order valence-electron chi connectivity index (χ0n) is 16.3. The highest BCUT2D eigenvalue weighted by atomic mass is 32.2. The number of nitrogens with one attached hydrogen (secondary N) is 3. The zero-order chi connectivity index (χ0) is 19.6. The van der Waals surface area contributed by atoms with Crippen LogP contribution >= 0.6 is 0 Å². The largest absolute Gasteiger partial charge is 0.369 e. The molecule has 0 saturated heterocycles. The van der Waals surface area contributed by atoms with Crippen LogP contribution in [0.5, 0.6) is 0 Å². The molecule has 7 nitrogen and oxygen atoms in total. The Labute approximate surface area is 166 Å². The summed E-state index contributed by atoms with van der Waals surface area (Å²) < 4.78 is 25.2. The number of rotatable bonds is 8. The lowest BCUT2D eigenvalue weighted by Gasteiger charge is -2.29. The molecule has 4 rings (SSSR count). The molecule has 1 aromatic carbocycles. The molecule has 2 saturated carbocycles. The van der Waals surface area contributed by atoms with Crippen LogP contribution in [-0.2, 0) is 10.0 Å². The van der Waals surface area contributed by atoms with Crippen molar-refractivity contribution in [1.29, 1.82) is 0 Å². The summed E-state index contributed by atoms with van der Waals surface area (Å²) >= 11 is 0. The molecule has 0 spiro atoms. The third-order valence-electron chi connectivity index (χ3n) is 5.67. The van der Waals surface area contributed by atoms with Gasteiger partial charge in [-0.2, -0.15) is 4.98 Å². The van der Waals surface area contributed by atoms with Crippen LogP contribution in [0.3, 0.4) is 0 Å². The van der Waals surface area contributed by atoms with Crippen LogP contribution in [0.1, 0.15) is 38.5 Å². The van der Waals surface area contributed by atoms with E-state index >= 15 is 0 Å². The first-order valence-corrected chi connectivity index (χ1v) is 12.1. The number of anilines is 2. The first-order valence-electron chi connectivity index (χ1n) is 10.2. The Morgan fingerprint density at radius 1 is 0.964 bits per heavy atom. The summed E-state index contributed by atoms with van der Waals surface area (Å²) in [6, 6.07) is 8.44. The fourth-order valence-corrected chi connectivity index (χ4v) is 4.34. The normalized spacial score (nSPS) is 22.9. The van der Waals surface area contributed by atoms with Gasteiger partial charge in [-0.15, -0.1) is 0 Å². The van der Waals surface area contributed by atoms with Crippen LogP contribution in [0.15, 0.2) is 24.3 Å². The van der Waals surface area contributed by atoms with Crippen molar-refractivity contribution in [2.24, 2.45) is 11.8 Å². The molecule has 8 heteroatoms. The minimum atomic E-state index is -3.11. The molecule has 0 unspecified atom stereocenters. The van der Waals surface area contributed by atoms with E-state index in [0.29, 0.717) is 24.5 Å². The minimum Gasteiger partial charge on any atom is -0.369 e. The van der Waals surface area contributed by atoms with Gasteiger partial charge in [0.2, 0.25) is 16.0 Å². The number of sulfonamides is 1. The number of fused-ring (bicyclic) bond motifs is 1. The van der Waals surface area contributed by atoms with Crippen LogP contribution in [0.4, 0.5) is 11.8 Å². The minimum absolute atomic E-state index is 0.326. The van der Waals surface area contributed by atoms with E-state index in [4.69, 9.17) is 9.97 Å². The summed E-state index contributed by atoms with van der Waals surface area (Å²) in [4.78, 5) is 9.46. The molecule has 2 aliphatic rings. The molecule has 2 aromatic rings. The van der Waals surface area contributed by atoms with Gasteiger partial charge in [0.15, 0.2) is 0 Å². The van der Waals surface area contributed by atoms with E-state index in [0.717, 1.165) is 54.9 Å². The van der Waals surface area contributed by atoms with Gasteiger partial charge in [-0.05, 0) is 62.5 Å². The maximum absolute atomic E-state index is 11.3. The molecule has 1 heterocycles. The molecule has 28 heavy (non-hydrogen) atoms. The number of benzene rings is 1. The van der Waals surface area contributed by atoms with E-state index < -0.39 is 10.0 Å². The van der Waals surface area contributed by atoms with Gasteiger partial charge in [0, 0.05) is 24.5 Å². The van der Waals surface area contributed by atoms with Crippen LogP contribution in [0.25, 0.3) is 10.9 Å². The Kier molecular flexibility index (Phi) is 5.68. The lowest BCUT2D eigenvalue weighted by atomic mass is 9.86. The third-order valence-corrected chi connectivity index (χ3v) is 6.36. The predicted molar refractivity (Wildman–Crippen MR) is 113 cm³/mol. The van der Waals surface area contributed by atoms with Gasteiger partial charge in [0.05, 0.1) is 11.8 Å². The van der Waals surface area contributed by atoms with Crippen molar-refractivity contribution in [3.63, 3.8) is 0 Å². The first kappa shape index (κ1) is 19.4. The molecular formula is C20H29N5O2S. The van der Waals surface area contributed by atoms with E-state index in [1.807, 2.05) is 18.2 Å². The van der Waals surface area contributed by atoms with Crippen LogP contribution < -0.4 is 15.4 Å². The highest BCUT2D eigenvalue weighted by Crippen LogP contribution is 2.31. The summed E-state index contributed by atoms with van der Waals surface area (Å²) in [5.74, 6) is 2.77. The SMILES string of the molecule is CS(=O)(=O)NC[C@H]1CC[C@H](Nc2nc(NCC3CC3)c3ccccc3n2)CC1. The molecule has 0 bridgehead atoms. The van der Waals surface area contributed by atoms with Gasteiger partial charge in [-0.1, -0.05) is 12.1 Å². The molecule has 2 fully saturated rings. The summed E-state index contributed by atoms with van der Waals surface area (Å²) in [6.45, 7) is 1.51. The second kappa shape index (κ2) is 8.21. The number of nitrogens with zero attached hydrogens (tertiary/aromatic N) is 2. The highest BCUT2D eigenvalue weighted by molar-refractivity contribution is 7.88. The molecular weight excluding hydrogens is 374 g/mol. The Morgan fingerprint density at radius 2 is 1.64 bits per heavy atom. The highest BCUT2D eigenvalue weighted by Gasteiger charge is 2.24. The number of hydrogen-bond acceptors (Lipinski definition) is 6. The van der Waals surface area contributed by atoms with Crippen molar-refractivity contribution in [2.45, 2.75) is 44.6 Å². The molecule has 0 amide bonds. The number of aromatic nitrogens is 2. The Bertz CT molecular complexity index is 921. The van der Waals surface area contributed by atoms with Crippen molar-refractivity contribution in [3.05, 3.63) is 24.3 Å².